The van der Waals surface area contributed by atoms with Crippen molar-refractivity contribution in [3.63, 3.8) is 0 Å². The number of aliphatic hydroxyl groups is 1. The zero-order chi connectivity index (χ0) is 15.9. The summed E-state index contributed by atoms with van der Waals surface area (Å²) in [6.45, 7) is 0.597. The second-order valence-electron chi connectivity index (χ2n) is 4.20. The van der Waals surface area contributed by atoms with Crippen molar-refractivity contribution in [2.45, 2.75) is 6.42 Å². The van der Waals surface area contributed by atoms with Crippen molar-refractivity contribution in [2.24, 2.45) is 0 Å². The molecule has 2 aromatic rings. The van der Waals surface area contributed by atoms with Crippen molar-refractivity contribution < 1.29 is 14.8 Å². The minimum absolute atomic E-state index is 0.0710. The smallest absolute Gasteiger partial charge is 0.271 e. The number of benzene rings is 1. The van der Waals surface area contributed by atoms with Crippen LogP contribution in [-0.2, 0) is 0 Å². The Bertz CT molecular complexity index is 668. The fourth-order valence-corrected chi connectivity index (χ4v) is 1.78. The van der Waals surface area contributed by atoms with Gasteiger partial charge in [0.05, 0.1) is 9.95 Å². The maximum Gasteiger partial charge on any atom is 0.271 e. The lowest BCUT2D eigenvalue weighted by Crippen LogP contribution is -2.06. The van der Waals surface area contributed by atoms with Gasteiger partial charge in [0.25, 0.3) is 5.69 Å². The van der Waals surface area contributed by atoms with Gasteiger partial charge in [-0.3, -0.25) is 10.1 Å². The van der Waals surface area contributed by atoms with E-state index in [0.29, 0.717) is 18.9 Å². The predicted molar refractivity (Wildman–Crippen MR) is 80.4 cm³/mol. The molecule has 1 aromatic heterocycles. The van der Waals surface area contributed by atoms with E-state index in [9.17, 15) is 10.1 Å². The fourth-order valence-electron chi connectivity index (χ4n) is 1.56. The van der Waals surface area contributed by atoms with Crippen LogP contribution in [0.15, 0.2) is 30.5 Å². The molecule has 0 bridgehead atoms. The first-order valence-corrected chi connectivity index (χ1v) is 6.77. The van der Waals surface area contributed by atoms with Gasteiger partial charge in [-0.2, -0.15) is 4.98 Å². The second-order valence-corrected chi connectivity index (χ2v) is 4.60. The van der Waals surface area contributed by atoms with E-state index in [1.54, 1.807) is 0 Å². The molecule has 0 aliphatic rings. The van der Waals surface area contributed by atoms with Gasteiger partial charge < -0.3 is 15.2 Å². The Morgan fingerprint density at radius 2 is 2.23 bits per heavy atom. The van der Waals surface area contributed by atoms with Crippen LogP contribution in [0.5, 0.6) is 11.6 Å². The molecule has 0 fully saturated rings. The summed E-state index contributed by atoms with van der Waals surface area (Å²) in [5.74, 6) is 0.855. The highest BCUT2D eigenvalue weighted by Crippen LogP contribution is 2.31. The number of aliphatic hydroxyl groups excluding tert-OH is 1. The minimum atomic E-state index is -0.538. The van der Waals surface area contributed by atoms with Crippen LogP contribution < -0.4 is 10.1 Å². The van der Waals surface area contributed by atoms with Gasteiger partial charge in [-0.1, -0.05) is 11.6 Å². The normalized spacial score (nSPS) is 10.3. The van der Waals surface area contributed by atoms with Crippen LogP contribution in [0.1, 0.15) is 6.42 Å². The molecule has 0 spiro atoms. The third-order valence-corrected chi connectivity index (χ3v) is 2.88. The van der Waals surface area contributed by atoms with Gasteiger partial charge in [-0.05, 0) is 12.5 Å². The number of halogens is 1. The molecular weight excluding hydrogens is 312 g/mol. The van der Waals surface area contributed by atoms with Gasteiger partial charge in [0, 0.05) is 37.5 Å². The molecule has 0 radical (unpaired) electrons. The lowest BCUT2D eigenvalue weighted by molar-refractivity contribution is -0.384. The molecule has 8 nitrogen and oxygen atoms in total. The highest BCUT2D eigenvalue weighted by molar-refractivity contribution is 6.32. The maximum atomic E-state index is 10.7. The largest absolute Gasteiger partial charge is 0.437 e. The molecule has 0 amide bonds. The number of hydrogen-bond acceptors (Lipinski definition) is 7. The summed E-state index contributed by atoms with van der Waals surface area (Å²) >= 11 is 5.95. The number of rotatable bonds is 7. The lowest BCUT2D eigenvalue weighted by atomic mass is 10.3. The highest BCUT2D eigenvalue weighted by atomic mass is 35.5. The zero-order valence-corrected chi connectivity index (χ0v) is 12.2. The van der Waals surface area contributed by atoms with Crippen molar-refractivity contribution in [1.82, 2.24) is 9.97 Å². The number of aromatic nitrogens is 2. The number of hydrogen-bond donors (Lipinski definition) is 2. The summed E-state index contributed by atoms with van der Waals surface area (Å²) in [6.07, 6.45) is 2.07. The molecule has 0 saturated heterocycles. The first-order chi connectivity index (χ1) is 10.6. The monoisotopic (exact) mass is 324 g/mol. The van der Waals surface area contributed by atoms with Gasteiger partial charge in [0.2, 0.25) is 11.8 Å². The van der Waals surface area contributed by atoms with E-state index in [-0.39, 0.29) is 28.9 Å². The van der Waals surface area contributed by atoms with Gasteiger partial charge in [0.15, 0.2) is 0 Å². The number of nitrogens with one attached hydrogen (secondary N) is 1. The van der Waals surface area contributed by atoms with Crippen molar-refractivity contribution >= 4 is 23.2 Å². The van der Waals surface area contributed by atoms with E-state index >= 15 is 0 Å². The van der Waals surface area contributed by atoms with Crippen molar-refractivity contribution in [3.8, 4) is 11.6 Å². The van der Waals surface area contributed by atoms with Gasteiger partial charge in [-0.25, -0.2) is 4.98 Å². The summed E-state index contributed by atoms with van der Waals surface area (Å²) in [4.78, 5) is 18.2. The van der Waals surface area contributed by atoms with Gasteiger partial charge >= 0.3 is 0 Å². The molecule has 22 heavy (non-hydrogen) atoms. The SMILES string of the molecule is O=[N+]([O-])c1ccc(Oc2ccnc(NCCCO)n2)c(Cl)c1. The standard InChI is InChI=1S/C13H13ClN4O4/c14-10-8-9(18(20)21)2-3-11(10)22-12-4-6-16-13(17-12)15-5-1-7-19/h2-4,6,8,19H,1,5,7H2,(H,15,16,17). The van der Waals surface area contributed by atoms with Gasteiger partial charge in [-0.15, -0.1) is 0 Å². The summed E-state index contributed by atoms with van der Waals surface area (Å²) < 4.78 is 5.50. The van der Waals surface area contributed by atoms with E-state index in [4.69, 9.17) is 21.4 Å². The van der Waals surface area contributed by atoms with Crippen LogP contribution in [0.2, 0.25) is 5.02 Å². The van der Waals surface area contributed by atoms with Crippen LogP contribution >= 0.6 is 11.6 Å². The fraction of sp³-hybridized carbons (Fsp3) is 0.231. The topological polar surface area (TPSA) is 110 Å². The number of nitrogens with zero attached hydrogens (tertiary/aromatic N) is 3. The second kappa shape index (κ2) is 7.53. The molecule has 2 N–H and O–H groups in total. The van der Waals surface area contributed by atoms with E-state index in [1.807, 2.05) is 0 Å². The Kier molecular flexibility index (Phi) is 5.45. The van der Waals surface area contributed by atoms with E-state index in [1.165, 1.54) is 30.5 Å². The molecule has 0 unspecified atom stereocenters. The summed E-state index contributed by atoms with van der Waals surface area (Å²) in [5, 5.41) is 22.4. The number of nitro benzene ring substituents is 1. The summed E-state index contributed by atoms with van der Waals surface area (Å²) in [5.41, 5.74) is -0.119. The van der Waals surface area contributed by atoms with E-state index in [2.05, 4.69) is 15.3 Å². The zero-order valence-electron chi connectivity index (χ0n) is 11.4. The third-order valence-electron chi connectivity index (χ3n) is 2.59. The Hall–Kier alpha value is -2.45. The quantitative estimate of drug-likeness (QED) is 0.457. The molecule has 0 aliphatic carbocycles. The first kappa shape index (κ1) is 15.9. The molecular formula is C13H13ClN4O4. The Morgan fingerprint density at radius 3 is 2.91 bits per heavy atom. The molecule has 2 rings (SSSR count). The molecule has 9 heteroatoms. The molecule has 0 atom stereocenters. The Labute approximate surface area is 130 Å². The van der Waals surface area contributed by atoms with E-state index < -0.39 is 4.92 Å². The number of nitro groups is 1. The van der Waals surface area contributed by atoms with E-state index in [0.717, 1.165) is 0 Å². The summed E-state index contributed by atoms with van der Waals surface area (Å²) in [7, 11) is 0. The van der Waals surface area contributed by atoms with Crippen LogP contribution in [0, 0.1) is 10.1 Å². The Balaban J connectivity index is 2.10. The minimum Gasteiger partial charge on any atom is -0.437 e. The molecule has 1 aromatic carbocycles. The predicted octanol–water partition coefficient (Wildman–Crippen LogP) is 2.62. The highest BCUT2D eigenvalue weighted by Gasteiger charge is 2.11. The number of anilines is 1. The Morgan fingerprint density at radius 1 is 1.41 bits per heavy atom. The van der Waals surface area contributed by atoms with Crippen LogP contribution in [0.25, 0.3) is 0 Å². The molecule has 0 saturated carbocycles. The van der Waals surface area contributed by atoms with Crippen molar-refractivity contribution in [2.75, 3.05) is 18.5 Å². The molecule has 0 aliphatic heterocycles. The average Bonchev–Trinajstić information content (AvgIpc) is 2.50. The molecule has 116 valence electrons. The van der Waals surface area contributed by atoms with Crippen molar-refractivity contribution in [3.05, 3.63) is 45.6 Å². The van der Waals surface area contributed by atoms with Gasteiger partial charge in [0.1, 0.15) is 5.75 Å². The number of ether oxygens (including phenoxy) is 1. The lowest BCUT2D eigenvalue weighted by Gasteiger charge is -2.08. The van der Waals surface area contributed by atoms with Crippen LogP contribution in [0.4, 0.5) is 11.6 Å². The average molecular weight is 325 g/mol. The molecule has 1 heterocycles. The van der Waals surface area contributed by atoms with Crippen molar-refractivity contribution in [1.29, 1.82) is 0 Å². The van der Waals surface area contributed by atoms with Crippen LogP contribution in [0.3, 0.4) is 0 Å². The number of non-ortho nitro benzene ring substituents is 1. The van der Waals surface area contributed by atoms with Crippen LogP contribution in [-0.4, -0.2) is 33.1 Å². The summed E-state index contributed by atoms with van der Waals surface area (Å²) in [6, 6.07) is 5.44. The third kappa shape index (κ3) is 4.27. The first-order valence-electron chi connectivity index (χ1n) is 6.39. The maximum absolute atomic E-state index is 10.7.